The van der Waals surface area contributed by atoms with Crippen LogP contribution in [0.3, 0.4) is 0 Å². The topological polar surface area (TPSA) is 72.0 Å². The molecule has 1 unspecified atom stereocenters. The highest BCUT2D eigenvalue weighted by atomic mass is 35.5. The number of fused-ring (bicyclic) bond motifs is 1. The van der Waals surface area contributed by atoms with Crippen LogP contribution in [0, 0.1) is 17.5 Å². The third-order valence-corrected chi connectivity index (χ3v) is 5.72. The van der Waals surface area contributed by atoms with Crippen LogP contribution in [-0.2, 0) is 11.2 Å². The van der Waals surface area contributed by atoms with Gasteiger partial charge < -0.3 is 4.74 Å². The molecule has 31 heavy (non-hydrogen) atoms. The van der Waals surface area contributed by atoms with Gasteiger partial charge in [0.2, 0.25) is 0 Å². The average Bonchev–Trinajstić information content (AvgIpc) is 3.20. The first-order valence-electron chi connectivity index (χ1n) is 9.46. The minimum absolute atomic E-state index is 0.0226. The van der Waals surface area contributed by atoms with Gasteiger partial charge in [-0.25, -0.2) is 18.0 Å². The number of H-pyrrole nitrogens is 1. The zero-order chi connectivity index (χ0) is 22.3. The van der Waals surface area contributed by atoms with E-state index in [0.717, 1.165) is 18.2 Å². The number of carbonyl (C=O) groups excluding carboxylic acids is 2. The highest BCUT2D eigenvalue weighted by Crippen LogP contribution is 2.41. The van der Waals surface area contributed by atoms with Crippen molar-refractivity contribution in [3.8, 4) is 11.3 Å². The van der Waals surface area contributed by atoms with Crippen molar-refractivity contribution in [3.05, 3.63) is 75.2 Å². The number of esters is 1. The van der Waals surface area contributed by atoms with Crippen LogP contribution >= 0.6 is 11.6 Å². The number of aryl methyl sites for hydroxylation is 1. The molecule has 2 aromatic carbocycles. The Morgan fingerprint density at radius 1 is 1.16 bits per heavy atom. The number of nitrogens with one attached hydrogen (secondary N) is 1. The zero-order valence-electron chi connectivity index (χ0n) is 16.3. The van der Waals surface area contributed by atoms with Gasteiger partial charge in [-0.1, -0.05) is 11.6 Å². The predicted octanol–water partition coefficient (Wildman–Crippen LogP) is 5.24. The van der Waals surface area contributed by atoms with E-state index in [4.69, 9.17) is 11.6 Å². The van der Waals surface area contributed by atoms with Crippen LogP contribution in [-0.4, -0.2) is 29.1 Å². The van der Waals surface area contributed by atoms with Gasteiger partial charge in [-0.2, -0.15) is 5.10 Å². The van der Waals surface area contributed by atoms with Crippen molar-refractivity contribution in [2.75, 3.05) is 7.11 Å². The molecule has 3 aromatic rings. The summed E-state index contributed by atoms with van der Waals surface area (Å²) in [5, 5.41) is 6.79. The Bertz CT molecular complexity index is 1210. The number of nitrogens with zero attached hydrogens (tertiary/aromatic N) is 1. The molecule has 5 nitrogen and oxygen atoms in total. The summed E-state index contributed by atoms with van der Waals surface area (Å²) in [5.41, 5.74) is 0.762. The number of methoxy groups -OCH3 is 1. The summed E-state index contributed by atoms with van der Waals surface area (Å²) in [4.78, 5) is 24.9. The van der Waals surface area contributed by atoms with Crippen LogP contribution < -0.4 is 0 Å². The van der Waals surface area contributed by atoms with Crippen LogP contribution in [0.25, 0.3) is 11.3 Å². The number of carbonyl (C=O) groups is 2. The molecule has 4 rings (SSSR count). The number of halogens is 4. The summed E-state index contributed by atoms with van der Waals surface area (Å²) in [5.74, 6) is -5.50. The Labute approximate surface area is 180 Å². The minimum atomic E-state index is -1.32. The lowest BCUT2D eigenvalue weighted by atomic mass is 9.79. The summed E-state index contributed by atoms with van der Waals surface area (Å²) >= 11 is 6.00. The smallest absolute Gasteiger partial charge is 0.337 e. The fourth-order valence-electron chi connectivity index (χ4n) is 3.93. The lowest BCUT2D eigenvalue weighted by Gasteiger charge is -2.23. The molecule has 0 bridgehead atoms. The van der Waals surface area contributed by atoms with Crippen molar-refractivity contribution in [1.82, 2.24) is 10.2 Å². The summed E-state index contributed by atoms with van der Waals surface area (Å²) in [6.07, 6.45) is 1.50. The first-order chi connectivity index (χ1) is 14.8. The second kappa shape index (κ2) is 8.19. The van der Waals surface area contributed by atoms with Gasteiger partial charge in [-0.05, 0) is 49.6 Å². The van der Waals surface area contributed by atoms with E-state index in [-0.39, 0.29) is 21.8 Å². The molecule has 1 N–H and O–H groups in total. The maximum absolute atomic E-state index is 14.8. The number of benzene rings is 2. The summed E-state index contributed by atoms with van der Waals surface area (Å²) < 4.78 is 47.6. The van der Waals surface area contributed by atoms with E-state index < -0.39 is 40.7 Å². The number of aromatic nitrogens is 2. The molecule has 1 aliphatic carbocycles. The Hall–Kier alpha value is -3.13. The van der Waals surface area contributed by atoms with E-state index in [1.165, 1.54) is 19.2 Å². The second-order valence-electron chi connectivity index (χ2n) is 7.18. The molecule has 160 valence electrons. The van der Waals surface area contributed by atoms with Gasteiger partial charge in [0.1, 0.15) is 5.82 Å². The van der Waals surface area contributed by atoms with Crippen molar-refractivity contribution in [2.24, 2.45) is 0 Å². The normalized spacial score (nSPS) is 15.5. The quantitative estimate of drug-likeness (QED) is 0.337. The Morgan fingerprint density at radius 2 is 1.94 bits per heavy atom. The Balaban J connectivity index is 1.81. The maximum atomic E-state index is 14.8. The van der Waals surface area contributed by atoms with Gasteiger partial charge in [0.15, 0.2) is 17.4 Å². The van der Waals surface area contributed by atoms with E-state index in [9.17, 15) is 22.8 Å². The molecular weight excluding hydrogens is 433 g/mol. The molecule has 1 heterocycles. The molecule has 1 atom stereocenters. The van der Waals surface area contributed by atoms with Gasteiger partial charge in [-0.15, -0.1) is 0 Å². The van der Waals surface area contributed by atoms with E-state index in [1.807, 2.05) is 0 Å². The number of rotatable bonds is 4. The third-order valence-electron chi connectivity index (χ3n) is 5.40. The van der Waals surface area contributed by atoms with E-state index in [0.29, 0.717) is 30.5 Å². The molecule has 1 aromatic heterocycles. The zero-order valence-corrected chi connectivity index (χ0v) is 17.0. The first kappa shape index (κ1) is 21.1. The number of hydrogen-bond donors (Lipinski definition) is 1. The van der Waals surface area contributed by atoms with Crippen molar-refractivity contribution < 1.29 is 27.5 Å². The van der Waals surface area contributed by atoms with E-state index in [2.05, 4.69) is 14.9 Å². The number of aromatic amines is 1. The Kier molecular flexibility index (Phi) is 5.58. The molecule has 1 aliphatic rings. The molecule has 0 amide bonds. The minimum Gasteiger partial charge on any atom is -0.465 e. The summed E-state index contributed by atoms with van der Waals surface area (Å²) in [7, 11) is 1.19. The number of hydrogen-bond acceptors (Lipinski definition) is 4. The fraction of sp³-hybridized carbons (Fsp3) is 0.227. The van der Waals surface area contributed by atoms with Gasteiger partial charge >= 0.3 is 5.97 Å². The highest BCUT2D eigenvalue weighted by molar-refractivity contribution is 6.34. The predicted molar refractivity (Wildman–Crippen MR) is 107 cm³/mol. The van der Waals surface area contributed by atoms with Crippen molar-refractivity contribution in [1.29, 1.82) is 0 Å². The maximum Gasteiger partial charge on any atom is 0.337 e. The molecular formula is C22H16ClF3N2O3. The largest absolute Gasteiger partial charge is 0.465 e. The van der Waals surface area contributed by atoms with Gasteiger partial charge in [0, 0.05) is 16.8 Å². The number of ketones is 1. The SMILES string of the molecule is COC(=O)c1ccc(-c2n[nH]c3c2C(C(=O)c2c(Cl)ccc(F)c2F)CCC3)c(F)c1. The summed E-state index contributed by atoms with van der Waals surface area (Å²) in [6, 6.07) is 5.74. The first-order valence-corrected chi connectivity index (χ1v) is 9.84. The van der Waals surface area contributed by atoms with Gasteiger partial charge in [0.05, 0.1) is 34.9 Å². The highest BCUT2D eigenvalue weighted by Gasteiger charge is 2.35. The average molecular weight is 449 g/mol. The molecule has 0 radical (unpaired) electrons. The molecule has 0 spiro atoms. The molecule has 0 saturated heterocycles. The molecule has 0 fully saturated rings. The van der Waals surface area contributed by atoms with Crippen LogP contribution in [0.5, 0.6) is 0 Å². The summed E-state index contributed by atoms with van der Waals surface area (Å²) in [6.45, 7) is 0. The van der Waals surface area contributed by atoms with Crippen LogP contribution in [0.1, 0.15) is 50.7 Å². The van der Waals surface area contributed by atoms with E-state index >= 15 is 0 Å². The van der Waals surface area contributed by atoms with Crippen molar-refractivity contribution in [2.45, 2.75) is 25.2 Å². The van der Waals surface area contributed by atoms with Gasteiger partial charge in [0.25, 0.3) is 0 Å². The Morgan fingerprint density at radius 3 is 2.65 bits per heavy atom. The van der Waals surface area contributed by atoms with Crippen LogP contribution in [0.4, 0.5) is 13.2 Å². The standard InChI is InChI=1S/C22H16ClF3N2O3/c1-31-22(30)10-5-6-11(15(25)9-10)20-17-12(3-2-4-16(17)27-28-20)21(29)18-13(23)7-8-14(24)19(18)26/h5-9,12H,2-4H2,1H3,(H,27,28). The monoisotopic (exact) mass is 448 g/mol. The third kappa shape index (κ3) is 3.61. The fourth-order valence-corrected chi connectivity index (χ4v) is 4.17. The number of ether oxygens (including phenoxy) is 1. The van der Waals surface area contributed by atoms with Crippen molar-refractivity contribution >= 4 is 23.4 Å². The molecule has 9 heteroatoms. The van der Waals surface area contributed by atoms with Crippen LogP contribution in [0.2, 0.25) is 5.02 Å². The molecule has 0 saturated carbocycles. The van der Waals surface area contributed by atoms with Gasteiger partial charge in [-0.3, -0.25) is 9.89 Å². The van der Waals surface area contributed by atoms with E-state index in [1.54, 1.807) is 0 Å². The van der Waals surface area contributed by atoms with Crippen molar-refractivity contribution in [3.63, 3.8) is 0 Å². The lowest BCUT2D eigenvalue weighted by molar-refractivity contribution is 0.0600. The molecule has 0 aliphatic heterocycles. The second-order valence-corrected chi connectivity index (χ2v) is 7.59. The lowest BCUT2D eigenvalue weighted by Crippen LogP contribution is -2.20. The van der Waals surface area contributed by atoms with Crippen LogP contribution in [0.15, 0.2) is 30.3 Å². The number of Topliss-reactive ketones (excluding diaryl/α,β-unsaturated/α-hetero) is 1.